The summed E-state index contributed by atoms with van der Waals surface area (Å²) in [5, 5.41) is 9.11. The van der Waals surface area contributed by atoms with Gasteiger partial charge in [0.2, 0.25) is 0 Å². The van der Waals surface area contributed by atoms with Crippen molar-refractivity contribution >= 4 is 5.82 Å². The second-order valence-corrected chi connectivity index (χ2v) is 4.28. The Morgan fingerprint density at radius 2 is 2.40 bits per heavy atom. The molecule has 0 radical (unpaired) electrons. The molecule has 2 heterocycles. The fourth-order valence-electron chi connectivity index (χ4n) is 2.05. The predicted molar refractivity (Wildman–Crippen MR) is 59.7 cm³/mol. The number of nitrogens with zero attached hydrogens (tertiary/aromatic N) is 3. The van der Waals surface area contributed by atoms with Crippen LogP contribution in [0.15, 0.2) is 12.3 Å². The Balaban J connectivity index is 2.36. The van der Waals surface area contributed by atoms with Crippen LogP contribution in [0.3, 0.4) is 0 Å². The summed E-state index contributed by atoms with van der Waals surface area (Å²) in [5.41, 5.74) is 1.74. The highest BCUT2D eigenvalue weighted by atomic mass is 15.2. The number of anilines is 1. The maximum atomic E-state index is 9.11. The summed E-state index contributed by atoms with van der Waals surface area (Å²) in [6.07, 6.45) is 2.98. The van der Waals surface area contributed by atoms with Crippen molar-refractivity contribution in [2.75, 3.05) is 18.0 Å². The lowest BCUT2D eigenvalue weighted by atomic mass is 10.1. The van der Waals surface area contributed by atoms with Crippen molar-refractivity contribution in [1.29, 1.82) is 5.26 Å². The van der Waals surface area contributed by atoms with Gasteiger partial charge in [-0.25, -0.2) is 4.98 Å². The summed E-state index contributed by atoms with van der Waals surface area (Å²) in [7, 11) is 0. The van der Waals surface area contributed by atoms with Gasteiger partial charge in [0.15, 0.2) is 0 Å². The molecule has 0 amide bonds. The molecular weight excluding hydrogens is 186 g/mol. The van der Waals surface area contributed by atoms with Crippen molar-refractivity contribution in [1.82, 2.24) is 4.98 Å². The third-order valence-corrected chi connectivity index (χ3v) is 2.97. The van der Waals surface area contributed by atoms with Crippen molar-refractivity contribution in [3.63, 3.8) is 0 Å². The third kappa shape index (κ3) is 1.80. The van der Waals surface area contributed by atoms with E-state index in [1.807, 2.05) is 13.0 Å². The number of hydrogen-bond acceptors (Lipinski definition) is 3. The number of nitriles is 1. The number of hydrogen-bond donors (Lipinski definition) is 0. The molecule has 1 saturated heterocycles. The molecule has 1 aromatic heterocycles. The molecule has 1 atom stereocenters. The highest BCUT2D eigenvalue weighted by molar-refractivity contribution is 5.57. The average Bonchev–Trinajstić information content (AvgIpc) is 2.64. The zero-order valence-electron chi connectivity index (χ0n) is 9.20. The van der Waals surface area contributed by atoms with Crippen LogP contribution in [-0.4, -0.2) is 18.1 Å². The molecule has 2 rings (SSSR count). The van der Waals surface area contributed by atoms with E-state index in [-0.39, 0.29) is 0 Å². The zero-order chi connectivity index (χ0) is 10.8. The lowest BCUT2D eigenvalue weighted by Crippen LogP contribution is -2.21. The second kappa shape index (κ2) is 3.90. The third-order valence-electron chi connectivity index (χ3n) is 2.97. The maximum absolute atomic E-state index is 9.11. The van der Waals surface area contributed by atoms with Gasteiger partial charge in [-0.2, -0.15) is 5.26 Å². The van der Waals surface area contributed by atoms with Gasteiger partial charge in [-0.15, -0.1) is 0 Å². The molecule has 1 aromatic rings. The van der Waals surface area contributed by atoms with E-state index in [1.54, 1.807) is 6.20 Å². The predicted octanol–water partition coefficient (Wildman–Crippen LogP) is 2.11. The monoisotopic (exact) mass is 201 g/mol. The number of rotatable bonds is 1. The number of aromatic nitrogens is 1. The molecule has 3 heteroatoms. The minimum atomic E-state index is 0.707. The fourth-order valence-corrected chi connectivity index (χ4v) is 2.05. The molecule has 0 bridgehead atoms. The minimum Gasteiger partial charge on any atom is -0.355 e. The Bertz CT molecular complexity index is 406. The van der Waals surface area contributed by atoms with Crippen LogP contribution in [0.25, 0.3) is 0 Å². The largest absolute Gasteiger partial charge is 0.355 e. The fraction of sp³-hybridized carbons (Fsp3) is 0.500. The van der Waals surface area contributed by atoms with Crippen LogP contribution in [-0.2, 0) is 0 Å². The smallest absolute Gasteiger partial charge is 0.146 e. The Morgan fingerprint density at radius 3 is 3.00 bits per heavy atom. The first-order valence-electron chi connectivity index (χ1n) is 5.33. The molecule has 1 unspecified atom stereocenters. The van der Waals surface area contributed by atoms with E-state index < -0.39 is 0 Å². The number of aryl methyl sites for hydroxylation is 1. The standard InChI is InChI=1S/C12H15N3/c1-9-4-6-15(8-9)12-11(7-13)10(2)3-5-14-12/h3,5,9H,4,6,8H2,1-2H3. The van der Waals surface area contributed by atoms with Crippen LogP contribution < -0.4 is 4.90 Å². The Morgan fingerprint density at radius 1 is 1.60 bits per heavy atom. The van der Waals surface area contributed by atoms with E-state index in [4.69, 9.17) is 5.26 Å². The summed E-state index contributed by atoms with van der Waals surface area (Å²) in [6, 6.07) is 4.14. The summed E-state index contributed by atoms with van der Waals surface area (Å²) < 4.78 is 0. The topological polar surface area (TPSA) is 39.9 Å². The first-order chi connectivity index (χ1) is 7.22. The molecule has 0 spiro atoms. The first-order valence-corrected chi connectivity index (χ1v) is 5.33. The molecule has 0 N–H and O–H groups in total. The molecule has 1 aliphatic heterocycles. The molecule has 1 fully saturated rings. The van der Waals surface area contributed by atoms with Crippen LogP contribution in [0.4, 0.5) is 5.82 Å². The van der Waals surface area contributed by atoms with Crippen molar-refractivity contribution in [3.05, 3.63) is 23.4 Å². The van der Waals surface area contributed by atoms with Crippen molar-refractivity contribution < 1.29 is 0 Å². The van der Waals surface area contributed by atoms with Crippen LogP contribution in [0, 0.1) is 24.2 Å². The minimum absolute atomic E-state index is 0.707. The normalized spacial score (nSPS) is 20.3. The lowest BCUT2D eigenvalue weighted by molar-refractivity contribution is 0.659. The Hall–Kier alpha value is -1.56. The molecule has 3 nitrogen and oxygen atoms in total. The summed E-state index contributed by atoms with van der Waals surface area (Å²) in [5.74, 6) is 1.57. The van der Waals surface area contributed by atoms with E-state index in [2.05, 4.69) is 22.9 Å². The van der Waals surface area contributed by atoms with E-state index in [9.17, 15) is 0 Å². The van der Waals surface area contributed by atoms with Gasteiger partial charge in [-0.3, -0.25) is 0 Å². The summed E-state index contributed by atoms with van der Waals surface area (Å²) in [6.45, 7) is 6.24. The quantitative estimate of drug-likeness (QED) is 0.698. The van der Waals surface area contributed by atoms with E-state index in [0.29, 0.717) is 5.92 Å². The molecule has 0 aliphatic carbocycles. The van der Waals surface area contributed by atoms with Gasteiger partial charge in [-0.1, -0.05) is 6.92 Å². The maximum Gasteiger partial charge on any atom is 0.146 e. The first kappa shape index (κ1) is 9.97. The van der Waals surface area contributed by atoms with Gasteiger partial charge < -0.3 is 4.90 Å². The Labute approximate surface area is 90.4 Å². The molecule has 78 valence electrons. The van der Waals surface area contributed by atoms with Crippen LogP contribution in [0.1, 0.15) is 24.5 Å². The Kier molecular flexibility index (Phi) is 2.59. The van der Waals surface area contributed by atoms with Gasteiger partial charge >= 0.3 is 0 Å². The van der Waals surface area contributed by atoms with Gasteiger partial charge in [0, 0.05) is 19.3 Å². The summed E-state index contributed by atoms with van der Waals surface area (Å²) in [4.78, 5) is 6.55. The van der Waals surface area contributed by atoms with Gasteiger partial charge in [-0.05, 0) is 30.9 Å². The highest BCUT2D eigenvalue weighted by Gasteiger charge is 2.22. The van der Waals surface area contributed by atoms with E-state index in [1.165, 1.54) is 6.42 Å². The van der Waals surface area contributed by atoms with Crippen molar-refractivity contribution in [2.24, 2.45) is 5.92 Å². The molecule has 15 heavy (non-hydrogen) atoms. The van der Waals surface area contributed by atoms with Gasteiger partial charge in [0.1, 0.15) is 11.9 Å². The van der Waals surface area contributed by atoms with Crippen molar-refractivity contribution in [2.45, 2.75) is 20.3 Å². The van der Waals surface area contributed by atoms with E-state index in [0.717, 1.165) is 30.0 Å². The lowest BCUT2D eigenvalue weighted by Gasteiger charge is -2.18. The zero-order valence-corrected chi connectivity index (χ0v) is 9.20. The van der Waals surface area contributed by atoms with Crippen LogP contribution >= 0.6 is 0 Å². The molecular formula is C12H15N3. The molecule has 0 saturated carbocycles. The molecule has 0 aromatic carbocycles. The number of pyridine rings is 1. The SMILES string of the molecule is Cc1ccnc(N2CCC(C)C2)c1C#N. The second-order valence-electron chi connectivity index (χ2n) is 4.28. The van der Waals surface area contributed by atoms with Crippen LogP contribution in [0.2, 0.25) is 0 Å². The van der Waals surface area contributed by atoms with Crippen molar-refractivity contribution in [3.8, 4) is 6.07 Å². The van der Waals surface area contributed by atoms with Gasteiger partial charge in [0.25, 0.3) is 0 Å². The average molecular weight is 201 g/mol. The summed E-state index contributed by atoms with van der Waals surface area (Å²) >= 11 is 0. The molecule has 1 aliphatic rings. The van der Waals surface area contributed by atoms with E-state index >= 15 is 0 Å². The van der Waals surface area contributed by atoms with Crippen LogP contribution in [0.5, 0.6) is 0 Å². The highest BCUT2D eigenvalue weighted by Crippen LogP contribution is 2.25. The van der Waals surface area contributed by atoms with Gasteiger partial charge in [0.05, 0.1) is 5.56 Å².